The highest BCUT2D eigenvalue weighted by molar-refractivity contribution is 5.76. The van der Waals surface area contributed by atoms with Crippen molar-refractivity contribution in [3.05, 3.63) is 47.0 Å². The van der Waals surface area contributed by atoms with Gasteiger partial charge in [-0.05, 0) is 57.7 Å². The molecule has 1 saturated heterocycles. The molecule has 1 amide bonds. The molecule has 2 aromatic heterocycles. The van der Waals surface area contributed by atoms with Gasteiger partial charge >= 0.3 is 0 Å². The summed E-state index contributed by atoms with van der Waals surface area (Å²) in [6.45, 7) is 7.64. The Labute approximate surface area is 143 Å². The summed E-state index contributed by atoms with van der Waals surface area (Å²) < 4.78 is 1.96. The normalized spacial score (nSPS) is 18.0. The maximum Gasteiger partial charge on any atom is 0.224 e. The predicted molar refractivity (Wildman–Crippen MR) is 93.6 cm³/mol. The lowest BCUT2D eigenvalue weighted by atomic mass is 9.98. The smallest absolute Gasteiger partial charge is 0.224 e. The van der Waals surface area contributed by atoms with Crippen molar-refractivity contribution in [1.82, 2.24) is 19.7 Å². The van der Waals surface area contributed by atoms with E-state index in [2.05, 4.69) is 23.9 Å². The van der Waals surface area contributed by atoms with Gasteiger partial charge in [-0.2, -0.15) is 5.10 Å². The summed E-state index contributed by atoms with van der Waals surface area (Å²) in [5.74, 6) is 0.204. The third-order valence-corrected chi connectivity index (χ3v) is 5.13. The number of likely N-dealkylation sites (tertiary alicyclic amines) is 1. The number of rotatable bonds is 4. The van der Waals surface area contributed by atoms with E-state index in [1.54, 1.807) is 0 Å². The molecule has 1 aliphatic heterocycles. The molecular formula is C19H26N4O. The van der Waals surface area contributed by atoms with E-state index in [0.29, 0.717) is 13.0 Å². The van der Waals surface area contributed by atoms with E-state index < -0.39 is 0 Å². The molecule has 24 heavy (non-hydrogen) atoms. The van der Waals surface area contributed by atoms with Crippen LogP contribution in [0.2, 0.25) is 0 Å². The highest BCUT2D eigenvalue weighted by atomic mass is 16.2. The third-order valence-electron chi connectivity index (χ3n) is 5.13. The van der Waals surface area contributed by atoms with E-state index in [1.165, 1.54) is 5.56 Å². The van der Waals surface area contributed by atoms with Crippen molar-refractivity contribution in [1.29, 1.82) is 0 Å². The molecule has 3 rings (SSSR count). The van der Waals surface area contributed by atoms with E-state index in [9.17, 15) is 4.79 Å². The van der Waals surface area contributed by atoms with Crippen molar-refractivity contribution in [2.24, 2.45) is 0 Å². The van der Waals surface area contributed by atoms with Crippen molar-refractivity contribution < 1.29 is 4.79 Å². The van der Waals surface area contributed by atoms with Gasteiger partial charge in [-0.15, -0.1) is 0 Å². The minimum absolute atomic E-state index is 0.120. The van der Waals surface area contributed by atoms with Gasteiger partial charge in [0.2, 0.25) is 5.91 Å². The molecule has 5 heteroatoms. The fourth-order valence-corrected chi connectivity index (χ4v) is 3.46. The van der Waals surface area contributed by atoms with Gasteiger partial charge < -0.3 is 4.90 Å². The molecule has 3 heterocycles. The zero-order valence-corrected chi connectivity index (χ0v) is 14.8. The van der Waals surface area contributed by atoms with Crippen molar-refractivity contribution >= 4 is 5.91 Å². The SMILES string of the molecule is Cc1nn(CCC(=O)N2CCCC[C@@H]2c2ccccn2)c(C)c1C. The number of piperidine rings is 1. The molecular weight excluding hydrogens is 300 g/mol. The molecule has 0 aliphatic carbocycles. The molecule has 0 radical (unpaired) electrons. The van der Waals surface area contributed by atoms with E-state index in [4.69, 9.17) is 0 Å². The van der Waals surface area contributed by atoms with Crippen molar-refractivity contribution in [2.75, 3.05) is 6.54 Å². The number of carbonyl (C=O) groups is 1. The van der Waals surface area contributed by atoms with Crippen molar-refractivity contribution in [3.63, 3.8) is 0 Å². The first-order valence-corrected chi connectivity index (χ1v) is 8.79. The Bertz CT molecular complexity index is 708. The van der Waals surface area contributed by atoms with Crippen LogP contribution in [-0.2, 0) is 11.3 Å². The highest BCUT2D eigenvalue weighted by Gasteiger charge is 2.28. The first-order valence-electron chi connectivity index (χ1n) is 8.79. The Balaban J connectivity index is 1.69. The largest absolute Gasteiger partial charge is 0.334 e. The van der Waals surface area contributed by atoms with Crippen LogP contribution in [0.25, 0.3) is 0 Å². The summed E-state index contributed by atoms with van der Waals surface area (Å²) in [7, 11) is 0. The second kappa shape index (κ2) is 7.16. The molecule has 0 spiro atoms. The average molecular weight is 326 g/mol. The molecule has 0 N–H and O–H groups in total. The second-order valence-corrected chi connectivity index (χ2v) is 6.62. The molecule has 0 saturated carbocycles. The quantitative estimate of drug-likeness (QED) is 0.866. The zero-order chi connectivity index (χ0) is 17.1. The number of hydrogen-bond acceptors (Lipinski definition) is 3. The van der Waals surface area contributed by atoms with E-state index in [1.807, 2.05) is 40.9 Å². The molecule has 0 aromatic carbocycles. The van der Waals surface area contributed by atoms with Gasteiger partial charge in [0.25, 0.3) is 0 Å². The van der Waals surface area contributed by atoms with Crippen LogP contribution >= 0.6 is 0 Å². The molecule has 0 bridgehead atoms. The Hall–Kier alpha value is -2.17. The van der Waals surface area contributed by atoms with Crippen LogP contribution in [-0.4, -0.2) is 32.1 Å². The van der Waals surface area contributed by atoms with Crippen LogP contribution in [0.4, 0.5) is 0 Å². The van der Waals surface area contributed by atoms with Gasteiger partial charge in [0.05, 0.1) is 17.4 Å². The number of nitrogens with zero attached hydrogens (tertiary/aromatic N) is 4. The maximum absolute atomic E-state index is 12.8. The monoisotopic (exact) mass is 326 g/mol. The summed E-state index contributed by atoms with van der Waals surface area (Å²) >= 11 is 0. The topological polar surface area (TPSA) is 51.0 Å². The number of hydrogen-bond donors (Lipinski definition) is 0. The third kappa shape index (κ3) is 3.35. The molecule has 128 valence electrons. The van der Waals surface area contributed by atoms with Gasteiger partial charge in [0, 0.05) is 31.4 Å². The fraction of sp³-hybridized carbons (Fsp3) is 0.526. The molecule has 0 unspecified atom stereocenters. The van der Waals surface area contributed by atoms with Crippen molar-refractivity contribution in [3.8, 4) is 0 Å². The fourth-order valence-electron chi connectivity index (χ4n) is 3.46. The number of pyridine rings is 1. The Morgan fingerprint density at radius 2 is 2.08 bits per heavy atom. The minimum atomic E-state index is 0.120. The van der Waals surface area contributed by atoms with Gasteiger partial charge in [-0.25, -0.2) is 0 Å². The summed E-state index contributed by atoms with van der Waals surface area (Å²) in [6.07, 6.45) is 5.54. The first kappa shape index (κ1) is 16.7. The summed E-state index contributed by atoms with van der Waals surface area (Å²) in [6, 6.07) is 6.07. The van der Waals surface area contributed by atoms with Gasteiger partial charge in [0.1, 0.15) is 0 Å². The lowest BCUT2D eigenvalue weighted by Gasteiger charge is -2.35. The number of aromatic nitrogens is 3. The Kier molecular flexibility index (Phi) is 4.97. The zero-order valence-electron chi connectivity index (χ0n) is 14.8. The standard InChI is InChI=1S/C19H26N4O/c1-14-15(2)21-23(16(14)3)13-10-19(24)22-12-7-5-9-18(22)17-8-4-6-11-20-17/h4,6,8,11,18H,5,7,9-10,12-13H2,1-3H3/t18-/m1/s1. The average Bonchev–Trinajstić information content (AvgIpc) is 2.87. The summed E-state index contributed by atoms with van der Waals surface area (Å²) in [4.78, 5) is 19.3. The van der Waals surface area contributed by atoms with Crippen LogP contribution in [0.15, 0.2) is 24.4 Å². The first-order chi connectivity index (χ1) is 11.6. The number of amides is 1. The second-order valence-electron chi connectivity index (χ2n) is 6.62. The number of aryl methyl sites for hydroxylation is 2. The Morgan fingerprint density at radius 3 is 2.75 bits per heavy atom. The van der Waals surface area contributed by atoms with E-state index >= 15 is 0 Å². The minimum Gasteiger partial charge on any atom is -0.334 e. The summed E-state index contributed by atoms with van der Waals surface area (Å²) in [5.41, 5.74) is 4.42. The van der Waals surface area contributed by atoms with Crippen LogP contribution in [0.5, 0.6) is 0 Å². The predicted octanol–water partition coefficient (Wildman–Crippen LogP) is 3.35. The van der Waals surface area contributed by atoms with Crippen LogP contribution in [0, 0.1) is 20.8 Å². The maximum atomic E-state index is 12.8. The molecule has 1 atom stereocenters. The molecule has 2 aromatic rings. The lowest BCUT2D eigenvalue weighted by molar-refractivity contribution is -0.135. The van der Waals surface area contributed by atoms with Gasteiger partial charge in [0.15, 0.2) is 0 Å². The molecule has 5 nitrogen and oxygen atoms in total. The van der Waals surface area contributed by atoms with Crippen LogP contribution in [0.1, 0.15) is 54.4 Å². The highest BCUT2D eigenvalue weighted by Crippen LogP contribution is 2.30. The van der Waals surface area contributed by atoms with E-state index in [-0.39, 0.29) is 11.9 Å². The van der Waals surface area contributed by atoms with Crippen LogP contribution < -0.4 is 0 Å². The van der Waals surface area contributed by atoms with Crippen LogP contribution in [0.3, 0.4) is 0 Å². The Morgan fingerprint density at radius 1 is 1.25 bits per heavy atom. The summed E-state index contributed by atoms with van der Waals surface area (Å²) in [5, 5.41) is 4.54. The van der Waals surface area contributed by atoms with Gasteiger partial charge in [-0.3, -0.25) is 14.5 Å². The lowest BCUT2D eigenvalue weighted by Crippen LogP contribution is -2.39. The van der Waals surface area contributed by atoms with E-state index in [0.717, 1.165) is 42.9 Å². The molecule has 1 aliphatic rings. The van der Waals surface area contributed by atoms with Gasteiger partial charge in [-0.1, -0.05) is 6.07 Å². The van der Waals surface area contributed by atoms with Crippen molar-refractivity contribution in [2.45, 2.75) is 59.0 Å². The number of carbonyl (C=O) groups excluding carboxylic acids is 1. The molecule has 1 fully saturated rings.